The van der Waals surface area contributed by atoms with Crippen LogP contribution in [0.1, 0.15) is 64.0 Å². The van der Waals surface area contributed by atoms with Crippen molar-refractivity contribution < 1.29 is 9.59 Å². The van der Waals surface area contributed by atoms with Crippen molar-refractivity contribution in [2.75, 3.05) is 0 Å². The lowest BCUT2D eigenvalue weighted by Crippen LogP contribution is -2.62. The maximum Gasteiger partial charge on any atom is 0.321 e. The number of benzene rings is 1. The van der Waals surface area contributed by atoms with Gasteiger partial charge in [-0.25, -0.2) is 4.79 Å². The number of hydrogen-bond acceptors (Lipinski definition) is 3. The Balaban J connectivity index is 1.31. The average Bonchev–Trinajstić information content (AvgIpc) is 2.60. The minimum absolute atomic E-state index is 0.0966. The summed E-state index contributed by atoms with van der Waals surface area (Å²) >= 11 is 6.23. The minimum Gasteiger partial charge on any atom is -0.332 e. The fourth-order valence-corrected chi connectivity index (χ4v) is 6.42. The lowest BCUT2D eigenvalue weighted by Gasteiger charge is -2.56. The second-order valence-corrected chi connectivity index (χ2v) is 9.68. The van der Waals surface area contributed by atoms with Crippen LogP contribution in [-0.4, -0.2) is 23.5 Å². The molecule has 3 N–H and O–H groups in total. The first-order valence-corrected chi connectivity index (χ1v) is 10.8. The van der Waals surface area contributed by atoms with Gasteiger partial charge in [0.15, 0.2) is 0 Å². The van der Waals surface area contributed by atoms with Crippen LogP contribution in [0.3, 0.4) is 0 Å². The molecule has 152 valence electrons. The van der Waals surface area contributed by atoms with E-state index < -0.39 is 6.04 Å². The van der Waals surface area contributed by atoms with Gasteiger partial charge in [0.25, 0.3) is 0 Å². The Morgan fingerprint density at radius 1 is 1.04 bits per heavy atom. The summed E-state index contributed by atoms with van der Waals surface area (Å²) < 4.78 is 0. The number of halogens is 1. The van der Waals surface area contributed by atoms with Crippen LogP contribution in [-0.2, 0) is 4.79 Å². The van der Waals surface area contributed by atoms with Crippen LogP contribution in [0.25, 0.3) is 0 Å². The zero-order chi connectivity index (χ0) is 19.9. The highest BCUT2D eigenvalue weighted by atomic mass is 35.5. The summed E-state index contributed by atoms with van der Waals surface area (Å²) in [6.07, 6.45) is 7.17. The van der Waals surface area contributed by atoms with Crippen molar-refractivity contribution in [3.8, 4) is 0 Å². The van der Waals surface area contributed by atoms with E-state index in [0.29, 0.717) is 5.02 Å². The van der Waals surface area contributed by atoms with Crippen molar-refractivity contribution in [1.82, 2.24) is 16.0 Å². The predicted molar refractivity (Wildman–Crippen MR) is 110 cm³/mol. The molecule has 4 saturated carbocycles. The van der Waals surface area contributed by atoms with Crippen LogP contribution in [0.15, 0.2) is 24.3 Å². The van der Waals surface area contributed by atoms with Gasteiger partial charge in [-0.05, 0) is 81.8 Å². The fourth-order valence-electron chi connectivity index (χ4n) is 6.12. The third-order valence-electron chi connectivity index (χ3n) is 6.92. The largest absolute Gasteiger partial charge is 0.332 e. The van der Waals surface area contributed by atoms with Gasteiger partial charge < -0.3 is 5.32 Å². The Morgan fingerprint density at radius 2 is 1.61 bits per heavy atom. The number of imide groups is 1. The van der Waals surface area contributed by atoms with Crippen LogP contribution < -0.4 is 16.0 Å². The number of nitrogens with one attached hydrogen (secondary N) is 3. The highest BCUT2D eigenvalue weighted by molar-refractivity contribution is 6.31. The highest BCUT2D eigenvalue weighted by Gasteiger charge is 2.51. The first-order valence-electron chi connectivity index (χ1n) is 10.5. The van der Waals surface area contributed by atoms with E-state index in [4.69, 9.17) is 11.6 Å². The van der Waals surface area contributed by atoms with Gasteiger partial charge in [0.1, 0.15) is 0 Å². The van der Waals surface area contributed by atoms with Gasteiger partial charge in [0.2, 0.25) is 5.91 Å². The van der Waals surface area contributed by atoms with Crippen LogP contribution in [0.5, 0.6) is 0 Å². The SMILES string of the molecule is C[C@@H](N[C@H](C)c1ccccc1Cl)C(=O)NC(=O)NC12CC3CC(CC(C3)C1)C2. The summed E-state index contributed by atoms with van der Waals surface area (Å²) in [4.78, 5) is 25.1. The maximum absolute atomic E-state index is 12.6. The van der Waals surface area contributed by atoms with Crippen molar-refractivity contribution in [1.29, 1.82) is 0 Å². The normalized spacial score (nSPS) is 32.6. The second kappa shape index (κ2) is 7.68. The molecular weight excluding hydrogens is 374 g/mol. The Labute approximate surface area is 172 Å². The van der Waals surface area contributed by atoms with Gasteiger partial charge >= 0.3 is 6.03 Å². The predicted octanol–water partition coefficient (Wildman–Crippen LogP) is 4.17. The molecule has 1 aromatic rings. The molecule has 2 atom stereocenters. The van der Waals surface area contributed by atoms with Gasteiger partial charge in [-0.2, -0.15) is 0 Å². The first kappa shape index (κ1) is 19.7. The lowest BCUT2D eigenvalue weighted by molar-refractivity contribution is -0.121. The van der Waals surface area contributed by atoms with E-state index in [1.54, 1.807) is 6.92 Å². The van der Waals surface area contributed by atoms with Crippen molar-refractivity contribution >= 4 is 23.5 Å². The van der Waals surface area contributed by atoms with Gasteiger partial charge in [-0.3, -0.25) is 15.4 Å². The quantitative estimate of drug-likeness (QED) is 0.690. The van der Waals surface area contributed by atoms with Crippen LogP contribution in [0.4, 0.5) is 4.79 Å². The summed E-state index contributed by atoms with van der Waals surface area (Å²) in [5.74, 6) is 1.93. The third-order valence-corrected chi connectivity index (χ3v) is 7.26. The van der Waals surface area contributed by atoms with Crippen LogP contribution >= 0.6 is 11.6 Å². The molecule has 4 fully saturated rings. The Bertz CT molecular complexity index is 731. The number of urea groups is 1. The van der Waals surface area contributed by atoms with Crippen LogP contribution in [0, 0.1) is 17.8 Å². The van der Waals surface area contributed by atoms with Crippen molar-refractivity contribution in [2.24, 2.45) is 17.8 Å². The monoisotopic (exact) mass is 403 g/mol. The smallest absolute Gasteiger partial charge is 0.321 e. The Hall–Kier alpha value is -1.59. The summed E-state index contributed by atoms with van der Waals surface area (Å²) in [5, 5.41) is 9.61. The zero-order valence-electron chi connectivity index (χ0n) is 16.6. The Morgan fingerprint density at radius 3 is 2.18 bits per heavy atom. The molecule has 0 radical (unpaired) electrons. The lowest BCUT2D eigenvalue weighted by atomic mass is 9.53. The number of carbonyl (C=O) groups is 2. The summed E-state index contributed by atoms with van der Waals surface area (Å²) in [5.41, 5.74) is 0.836. The molecule has 4 aliphatic rings. The number of hydrogen-bond donors (Lipinski definition) is 3. The van der Waals surface area contributed by atoms with E-state index in [0.717, 1.165) is 42.6 Å². The van der Waals surface area contributed by atoms with Gasteiger partial charge in [-0.1, -0.05) is 29.8 Å². The molecule has 0 aromatic heterocycles. The molecule has 5 rings (SSSR count). The number of carbonyl (C=O) groups excluding carboxylic acids is 2. The summed E-state index contributed by atoms with van der Waals surface area (Å²) in [6, 6.07) is 6.61. The topological polar surface area (TPSA) is 70.2 Å². The van der Waals surface area contributed by atoms with E-state index in [1.807, 2.05) is 31.2 Å². The molecule has 4 bridgehead atoms. The van der Waals surface area contributed by atoms with Gasteiger partial charge in [0, 0.05) is 16.6 Å². The number of amides is 3. The molecule has 5 nitrogen and oxygen atoms in total. The maximum atomic E-state index is 12.6. The molecule has 1 aromatic carbocycles. The third kappa shape index (κ3) is 4.06. The summed E-state index contributed by atoms with van der Waals surface area (Å²) in [7, 11) is 0. The second-order valence-electron chi connectivity index (χ2n) is 9.27. The van der Waals surface area contributed by atoms with Crippen molar-refractivity contribution in [3.63, 3.8) is 0 Å². The van der Waals surface area contributed by atoms with E-state index in [2.05, 4.69) is 16.0 Å². The molecule has 6 heteroatoms. The zero-order valence-corrected chi connectivity index (χ0v) is 17.4. The molecule has 4 aliphatic carbocycles. The standard InChI is InChI=1S/C22H30ClN3O2/c1-13(18-5-3-4-6-19(18)23)24-14(2)20(27)25-21(28)26-22-10-15-7-16(11-22)9-17(8-15)12-22/h3-6,13-17,24H,7-12H2,1-2H3,(H2,25,26,27,28)/t13-,14-,15?,16?,17?,22?/m1/s1. The van der Waals surface area contributed by atoms with E-state index in [1.165, 1.54) is 19.3 Å². The molecule has 28 heavy (non-hydrogen) atoms. The Kier molecular flexibility index (Phi) is 5.41. The van der Waals surface area contributed by atoms with E-state index in [-0.39, 0.29) is 23.5 Å². The van der Waals surface area contributed by atoms with E-state index in [9.17, 15) is 9.59 Å². The minimum atomic E-state index is -0.506. The van der Waals surface area contributed by atoms with Gasteiger partial charge in [-0.15, -0.1) is 0 Å². The van der Waals surface area contributed by atoms with Gasteiger partial charge in [0.05, 0.1) is 6.04 Å². The summed E-state index contributed by atoms with van der Waals surface area (Å²) in [6.45, 7) is 3.72. The van der Waals surface area contributed by atoms with Crippen molar-refractivity contribution in [2.45, 2.75) is 70.0 Å². The number of rotatable bonds is 5. The molecule has 0 unspecified atom stereocenters. The van der Waals surface area contributed by atoms with Crippen LogP contribution in [0.2, 0.25) is 5.02 Å². The molecule has 0 heterocycles. The van der Waals surface area contributed by atoms with E-state index >= 15 is 0 Å². The fraction of sp³-hybridized carbons (Fsp3) is 0.636. The first-order chi connectivity index (χ1) is 13.3. The molecule has 3 amide bonds. The highest BCUT2D eigenvalue weighted by Crippen LogP contribution is 2.55. The molecule has 0 aliphatic heterocycles. The molecule has 0 saturated heterocycles. The van der Waals surface area contributed by atoms with Crippen molar-refractivity contribution in [3.05, 3.63) is 34.9 Å². The average molecular weight is 404 g/mol. The molecule has 0 spiro atoms. The molecular formula is C22H30ClN3O2.